The molecule has 0 radical (unpaired) electrons. The molecule has 144 valence electrons. The smallest absolute Gasteiger partial charge is 0.312 e. The molecule has 0 spiro atoms. The highest BCUT2D eigenvalue weighted by atomic mass is 16.7. The molecule has 0 fully saturated rings. The summed E-state index contributed by atoms with van der Waals surface area (Å²) in [4.78, 5) is 11.6. The van der Waals surface area contributed by atoms with Gasteiger partial charge in [0.05, 0.1) is 27.4 Å². The van der Waals surface area contributed by atoms with E-state index in [0.29, 0.717) is 39.9 Å². The Morgan fingerprint density at radius 1 is 1.07 bits per heavy atom. The van der Waals surface area contributed by atoms with E-state index in [2.05, 4.69) is 5.32 Å². The zero-order valence-electron chi connectivity index (χ0n) is 15.1. The normalized spacial score (nSPS) is 13.0. The molecule has 3 rings (SSSR count). The van der Waals surface area contributed by atoms with E-state index in [4.69, 9.17) is 29.4 Å². The van der Waals surface area contributed by atoms with Gasteiger partial charge >= 0.3 is 6.03 Å². The molecule has 9 heteroatoms. The molecule has 1 aliphatic heterocycles. The quantitative estimate of drug-likeness (QED) is 0.704. The highest BCUT2D eigenvalue weighted by Crippen LogP contribution is 2.44. The monoisotopic (exact) mass is 376 g/mol. The summed E-state index contributed by atoms with van der Waals surface area (Å²) >= 11 is 0. The number of hydrogen-bond donors (Lipinski definition) is 3. The maximum atomic E-state index is 11.6. The van der Waals surface area contributed by atoms with Gasteiger partial charge in [-0.05, 0) is 23.8 Å². The summed E-state index contributed by atoms with van der Waals surface area (Å²) in [5.74, 6) is 1.96. The lowest BCUT2D eigenvalue weighted by molar-refractivity contribution is 0.174. The third-order valence-corrected chi connectivity index (χ3v) is 4.14. The topological polar surface area (TPSA) is 122 Å². The molecule has 1 atom stereocenters. The van der Waals surface area contributed by atoms with E-state index in [1.54, 1.807) is 18.2 Å². The van der Waals surface area contributed by atoms with Crippen LogP contribution in [0.3, 0.4) is 0 Å². The van der Waals surface area contributed by atoms with E-state index in [1.807, 2.05) is 0 Å². The first kappa shape index (κ1) is 18.3. The molecule has 0 aliphatic carbocycles. The van der Waals surface area contributed by atoms with Crippen LogP contribution in [0.5, 0.6) is 34.5 Å². The summed E-state index contributed by atoms with van der Waals surface area (Å²) in [5.41, 5.74) is 6.27. The number of rotatable bonds is 6. The maximum Gasteiger partial charge on any atom is 0.312 e. The van der Waals surface area contributed by atoms with Gasteiger partial charge in [0.25, 0.3) is 0 Å². The molecule has 2 aromatic rings. The maximum absolute atomic E-state index is 11.6. The van der Waals surface area contributed by atoms with Crippen molar-refractivity contribution in [3.05, 3.63) is 35.4 Å². The number of ether oxygens (including phenoxy) is 5. The first-order chi connectivity index (χ1) is 13.0. The average Bonchev–Trinajstić information content (AvgIpc) is 3.11. The standard InChI is InChI=1S/C18H20N2O7/c1-23-14-4-9(5-15(24-2)17(14)25-3)16(20-18(19)22)10-6-12-13(7-11(10)21)27-8-26-12/h4-7,16,21H,8H2,1-3H3,(H3,19,20,22)/t16-/m0/s1. The Morgan fingerprint density at radius 2 is 1.67 bits per heavy atom. The van der Waals surface area contributed by atoms with Crippen LogP contribution in [0, 0.1) is 0 Å². The summed E-state index contributed by atoms with van der Waals surface area (Å²) in [6.07, 6.45) is 0. The van der Waals surface area contributed by atoms with Crippen molar-refractivity contribution in [3.63, 3.8) is 0 Å². The Hall–Kier alpha value is -3.49. The van der Waals surface area contributed by atoms with Crippen molar-refractivity contribution in [2.75, 3.05) is 28.1 Å². The SMILES string of the molecule is COc1cc([C@H](NC(N)=O)c2cc3c(cc2O)OCO3)cc(OC)c1OC. The number of amides is 2. The molecule has 27 heavy (non-hydrogen) atoms. The number of nitrogens with two attached hydrogens (primary N) is 1. The highest BCUT2D eigenvalue weighted by Gasteiger charge is 2.26. The Morgan fingerprint density at radius 3 is 2.19 bits per heavy atom. The average molecular weight is 376 g/mol. The van der Waals surface area contributed by atoms with Crippen LogP contribution in [0.4, 0.5) is 4.79 Å². The molecule has 0 aromatic heterocycles. The first-order valence-corrected chi connectivity index (χ1v) is 7.96. The van der Waals surface area contributed by atoms with Gasteiger partial charge in [0, 0.05) is 11.6 Å². The molecule has 9 nitrogen and oxygen atoms in total. The summed E-state index contributed by atoms with van der Waals surface area (Å²) < 4.78 is 26.7. The first-order valence-electron chi connectivity index (χ1n) is 7.96. The molecule has 0 saturated carbocycles. The van der Waals surface area contributed by atoms with Gasteiger partial charge in [0.2, 0.25) is 12.5 Å². The van der Waals surface area contributed by atoms with Gasteiger partial charge in [-0.1, -0.05) is 0 Å². The van der Waals surface area contributed by atoms with Crippen LogP contribution in [0.2, 0.25) is 0 Å². The van der Waals surface area contributed by atoms with Crippen molar-refractivity contribution < 1.29 is 33.6 Å². The van der Waals surface area contributed by atoms with Crippen LogP contribution in [-0.4, -0.2) is 39.3 Å². The number of carbonyl (C=O) groups excluding carboxylic acids is 1. The number of hydrogen-bond acceptors (Lipinski definition) is 7. The number of urea groups is 1. The minimum absolute atomic E-state index is 0.0519. The second-order valence-electron chi connectivity index (χ2n) is 5.66. The van der Waals surface area contributed by atoms with E-state index in [9.17, 15) is 9.90 Å². The second-order valence-corrected chi connectivity index (χ2v) is 5.66. The van der Waals surface area contributed by atoms with Gasteiger partial charge in [-0.25, -0.2) is 4.79 Å². The molecule has 0 bridgehead atoms. The Labute approximate surface area is 155 Å². The van der Waals surface area contributed by atoms with Gasteiger partial charge in [-0.15, -0.1) is 0 Å². The van der Waals surface area contributed by atoms with Crippen LogP contribution >= 0.6 is 0 Å². The van der Waals surface area contributed by atoms with Crippen LogP contribution in [-0.2, 0) is 0 Å². The number of fused-ring (bicyclic) bond motifs is 1. The fraction of sp³-hybridized carbons (Fsp3) is 0.278. The number of carbonyl (C=O) groups is 1. The molecule has 0 saturated heterocycles. The number of nitrogens with one attached hydrogen (secondary N) is 1. The zero-order valence-corrected chi connectivity index (χ0v) is 15.1. The molecule has 2 amide bonds. The predicted molar refractivity (Wildman–Crippen MR) is 94.9 cm³/mol. The van der Waals surface area contributed by atoms with Crippen LogP contribution in [0.1, 0.15) is 17.2 Å². The molecular weight excluding hydrogens is 356 g/mol. The number of primary amides is 1. The van der Waals surface area contributed by atoms with Gasteiger partial charge in [-0.2, -0.15) is 0 Å². The van der Waals surface area contributed by atoms with Crippen molar-refractivity contribution in [2.24, 2.45) is 5.73 Å². The van der Waals surface area contributed by atoms with Crippen molar-refractivity contribution in [1.82, 2.24) is 5.32 Å². The van der Waals surface area contributed by atoms with E-state index in [0.717, 1.165) is 0 Å². The lowest BCUT2D eigenvalue weighted by atomic mass is 9.96. The molecule has 2 aromatic carbocycles. The van der Waals surface area contributed by atoms with Crippen molar-refractivity contribution >= 4 is 6.03 Å². The van der Waals surface area contributed by atoms with Crippen molar-refractivity contribution in [2.45, 2.75) is 6.04 Å². The summed E-state index contributed by atoms with van der Waals surface area (Å²) in [7, 11) is 4.45. The fourth-order valence-corrected chi connectivity index (χ4v) is 2.93. The van der Waals surface area contributed by atoms with E-state index >= 15 is 0 Å². The highest BCUT2D eigenvalue weighted by molar-refractivity contribution is 5.73. The van der Waals surface area contributed by atoms with E-state index < -0.39 is 12.1 Å². The summed E-state index contributed by atoms with van der Waals surface area (Å²) in [6.45, 7) is 0.0519. The number of methoxy groups -OCH3 is 3. The Balaban J connectivity index is 2.15. The van der Waals surface area contributed by atoms with Crippen LogP contribution in [0.15, 0.2) is 24.3 Å². The van der Waals surface area contributed by atoms with Gasteiger partial charge in [0.1, 0.15) is 5.75 Å². The summed E-state index contributed by atoms with van der Waals surface area (Å²) in [5, 5.41) is 13.1. The molecule has 0 unspecified atom stereocenters. The number of aromatic hydroxyl groups is 1. The largest absolute Gasteiger partial charge is 0.507 e. The third kappa shape index (κ3) is 3.43. The minimum Gasteiger partial charge on any atom is -0.507 e. The lowest BCUT2D eigenvalue weighted by Gasteiger charge is -2.22. The van der Waals surface area contributed by atoms with Crippen LogP contribution in [0.25, 0.3) is 0 Å². The summed E-state index contributed by atoms with van der Waals surface area (Å²) in [6, 6.07) is 4.75. The minimum atomic E-state index is -0.800. The van der Waals surface area contributed by atoms with E-state index in [1.165, 1.54) is 27.4 Å². The van der Waals surface area contributed by atoms with Crippen molar-refractivity contribution in [3.8, 4) is 34.5 Å². The number of phenolic OH excluding ortho intramolecular Hbond substituents is 1. The predicted octanol–water partition coefficient (Wildman–Crippen LogP) is 1.90. The molecular formula is C18H20N2O7. The van der Waals surface area contributed by atoms with Crippen molar-refractivity contribution in [1.29, 1.82) is 0 Å². The second kappa shape index (κ2) is 7.40. The molecule has 4 N–H and O–H groups in total. The number of phenols is 1. The van der Waals surface area contributed by atoms with Gasteiger partial charge < -0.3 is 39.8 Å². The fourth-order valence-electron chi connectivity index (χ4n) is 2.93. The zero-order chi connectivity index (χ0) is 19.6. The van der Waals surface area contributed by atoms with Crippen LogP contribution < -0.4 is 34.7 Å². The lowest BCUT2D eigenvalue weighted by Crippen LogP contribution is -2.33. The Kier molecular flexibility index (Phi) is 5.02. The third-order valence-electron chi connectivity index (χ3n) is 4.14. The van der Waals surface area contributed by atoms with E-state index in [-0.39, 0.29) is 12.5 Å². The molecule has 1 heterocycles. The van der Waals surface area contributed by atoms with Gasteiger partial charge in [-0.3, -0.25) is 0 Å². The van der Waals surface area contributed by atoms with Gasteiger partial charge in [0.15, 0.2) is 23.0 Å². The number of benzene rings is 2. The molecule has 1 aliphatic rings. The Bertz CT molecular complexity index is 844.